The Morgan fingerprint density at radius 3 is 2.58 bits per heavy atom. The first-order valence-corrected chi connectivity index (χ1v) is 10.8. The van der Waals surface area contributed by atoms with Crippen LogP contribution in [0.3, 0.4) is 0 Å². The zero-order valence-electron chi connectivity index (χ0n) is 17.0. The van der Waals surface area contributed by atoms with Crippen LogP contribution in [-0.4, -0.2) is 40.7 Å². The summed E-state index contributed by atoms with van der Waals surface area (Å²) in [6.07, 6.45) is 2.65. The number of furan rings is 1. The molecule has 1 aromatic carbocycles. The van der Waals surface area contributed by atoms with Gasteiger partial charge in [0.05, 0.1) is 17.5 Å². The summed E-state index contributed by atoms with van der Waals surface area (Å²) in [6, 6.07) is 10.4. The molecule has 0 radical (unpaired) electrons. The van der Waals surface area contributed by atoms with Crippen LogP contribution < -0.4 is 11.1 Å². The van der Waals surface area contributed by atoms with Crippen LogP contribution in [0.25, 0.3) is 10.8 Å². The van der Waals surface area contributed by atoms with Crippen molar-refractivity contribution < 1.29 is 18.8 Å². The molecule has 0 aliphatic carbocycles. The van der Waals surface area contributed by atoms with E-state index in [0.717, 1.165) is 4.88 Å². The fourth-order valence-corrected chi connectivity index (χ4v) is 4.49. The van der Waals surface area contributed by atoms with Gasteiger partial charge in [-0.3, -0.25) is 14.4 Å². The average Bonchev–Trinajstić information content (AvgIpc) is 3.43. The first-order valence-electron chi connectivity index (χ1n) is 9.94. The molecule has 4 rings (SSSR count). The van der Waals surface area contributed by atoms with Crippen LogP contribution in [0.15, 0.2) is 47.1 Å². The van der Waals surface area contributed by atoms with Crippen LogP contribution in [0.1, 0.15) is 38.6 Å². The van der Waals surface area contributed by atoms with E-state index in [1.54, 1.807) is 47.6 Å². The summed E-state index contributed by atoms with van der Waals surface area (Å²) >= 11 is 1.37. The number of rotatable bonds is 5. The van der Waals surface area contributed by atoms with Gasteiger partial charge in [0.15, 0.2) is 10.8 Å². The molecule has 31 heavy (non-hydrogen) atoms. The number of hydrogen-bond acceptors (Lipinski definition) is 6. The number of thiazole rings is 1. The summed E-state index contributed by atoms with van der Waals surface area (Å²) in [4.78, 5) is 44.2. The number of piperidine rings is 1. The Labute approximate surface area is 183 Å². The minimum atomic E-state index is -0.390. The summed E-state index contributed by atoms with van der Waals surface area (Å²) < 4.78 is 5.36. The van der Waals surface area contributed by atoms with Gasteiger partial charge in [0.2, 0.25) is 5.91 Å². The zero-order chi connectivity index (χ0) is 22.0. The van der Waals surface area contributed by atoms with Crippen molar-refractivity contribution in [2.75, 3.05) is 18.4 Å². The number of benzene rings is 1. The maximum absolute atomic E-state index is 13.1. The molecule has 0 spiro atoms. The standard InChI is InChI=1S/C22H22N4O4S/c1-13-18(25-21(31-13)17-7-4-12-30-17)20(28)24-16-6-3-2-5-15(16)22(29)26-10-8-14(9-11-26)19(23)27/h2-7,12,14H,8-11H2,1H3,(H2,23,27)(H,24,28). The second-order valence-electron chi connectivity index (χ2n) is 7.37. The van der Waals surface area contributed by atoms with E-state index in [2.05, 4.69) is 10.3 Å². The van der Waals surface area contributed by atoms with Crippen LogP contribution in [0.4, 0.5) is 5.69 Å². The molecular formula is C22H22N4O4S. The van der Waals surface area contributed by atoms with E-state index in [1.807, 2.05) is 6.92 Å². The molecule has 9 heteroatoms. The van der Waals surface area contributed by atoms with Gasteiger partial charge in [-0.15, -0.1) is 11.3 Å². The minimum Gasteiger partial charge on any atom is -0.462 e. The van der Waals surface area contributed by atoms with E-state index < -0.39 is 0 Å². The van der Waals surface area contributed by atoms with Crippen molar-refractivity contribution in [2.24, 2.45) is 11.7 Å². The summed E-state index contributed by atoms with van der Waals surface area (Å²) in [5, 5.41) is 3.45. The Bertz CT molecular complexity index is 1110. The highest BCUT2D eigenvalue weighted by molar-refractivity contribution is 7.15. The molecule has 0 saturated carbocycles. The fourth-order valence-electron chi connectivity index (χ4n) is 3.61. The van der Waals surface area contributed by atoms with E-state index in [9.17, 15) is 14.4 Å². The van der Waals surface area contributed by atoms with E-state index >= 15 is 0 Å². The lowest BCUT2D eigenvalue weighted by atomic mass is 9.95. The van der Waals surface area contributed by atoms with Gasteiger partial charge >= 0.3 is 0 Å². The molecule has 160 valence electrons. The number of likely N-dealkylation sites (tertiary alicyclic amines) is 1. The molecule has 1 fully saturated rings. The Morgan fingerprint density at radius 2 is 1.90 bits per heavy atom. The van der Waals surface area contributed by atoms with E-state index in [1.165, 1.54) is 11.3 Å². The lowest BCUT2D eigenvalue weighted by Crippen LogP contribution is -2.42. The normalized spacial score (nSPS) is 14.4. The summed E-state index contributed by atoms with van der Waals surface area (Å²) in [7, 11) is 0. The average molecular weight is 439 g/mol. The fraction of sp³-hybridized carbons (Fsp3) is 0.273. The molecule has 0 bridgehead atoms. The SMILES string of the molecule is Cc1sc(-c2ccco2)nc1C(=O)Nc1ccccc1C(=O)N1CCC(C(N)=O)CC1. The van der Waals surface area contributed by atoms with Crippen molar-refractivity contribution >= 4 is 34.7 Å². The highest BCUT2D eigenvalue weighted by Gasteiger charge is 2.28. The Hall–Kier alpha value is -3.46. The van der Waals surface area contributed by atoms with Gasteiger partial charge in [-0.25, -0.2) is 4.98 Å². The number of primary amides is 1. The van der Waals surface area contributed by atoms with Gasteiger partial charge in [-0.2, -0.15) is 0 Å². The molecule has 1 saturated heterocycles. The number of aromatic nitrogens is 1. The van der Waals surface area contributed by atoms with Crippen LogP contribution in [0.2, 0.25) is 0 Å². The molecule has 2 aromatic heterocycles. The van der Waals surface area contributed by atoms with Gasteiger partial charge in [-0.1, -0.05) is 12.1 Å². The van der Waals surface area contributed by atoms with Crippen molar-refractivity contribution in [3.05, 3.63) is 58.8 Å². The number of nitrogens with zero attached hydrogens (tertiary/aromatic N) is 2. The number of amides is 3. The number of nitrogens with two attached hydrogens (primary N) is 1. The molecule has 3 amide bonds. The second-order valence-corrected chi connectivity index (χ2v) is 8.57. The third-order valence-electron chi connectivity index (χ3n) is 5.33. The van der Waals surface area contributed by atoms with Crippen LogP contribution in [0.5, 0.6) is 0 Å². The largest absolute Gasteiger partial charge is 0.462 e. The number of nitrogens with one attached hydrogen (secondary N) is 1. The second kappa shape index (κ2) is 8.73. The monoisotopic (exact) mass is 438 g/mol. The molecule has 8 nitrogen and oxygen atoms in total. The molecule has 3 N–H and O–H groups in total. The number of para-hydroxylation sites is 1. The van der Waals surface area contributed by atoms with Crippen LogP contribution in [0, 0.1) is 12.8 Å². The number of carbonyl (C=O) groups excluding carboxylic acids is 3. The summed E-state index contributed by atoms with van der Waals surface area (Å²) in [5.74, 6) is -0.506. The number of carbonyl (C=O) groups is 3. The third-order valence-corrected chi connectivity index (χ3v) is 6.32. The van der Waals surface area contributed by atoms with Gasteiger partial charge in [-0.05, 0) is 44.0 Å². The molecule has 0 unspecified atom stereocenters. The third kappa shape index (κ3) is 4.36. The highest BCUT2D eigenvalue weighted by Crippen LogP contribution is 2.29. The Kier molecular flexibility index (Phi) is 5.85. The maximum atomic E-state index is 13.1. The first-order chi connectivity index (χ1) is 14.9. The Balaban J connectivity index is 1.51. The van der Waals surface area contributed by atoms with Gasteiger partial charge < -0.3 is 20.4 Å². The van der Waals surface area contributed by atoms with Crippen LogP contribution in [-0.2, 0) is 4.79 Å². The van der Waals surface area contributed by atoms with E-state index in [0.29, 0.717) is 53.6 Å². The minimum absolute atomic E-state index is 0.190. The topological polar surface area (TPSA) is 119 Å². The van der Waals surface area contributed by atoms with Crippen molar-refractivity contribution in [3.63, 3.8) is 0 Å². The predicted octanol–water partition coefficient (Wildman–Crippen LogP) is 3.30. The van der Waals surface area contributed by atoms with Crippen molar-refractivity contribution in [1.29, 1.82) is 0 Å². The quantitative estimate of drug-likeness (QED) is 0.634. The number of anilines is 1. The molecular weight excluding hydrogens is 416 g/mol. The van der Waals surface area contributed by atoms with Crippen LogP contribution >= 0.6 is 11.3 Å². The van der Waals surface area contributed by atoms with Crippen molar-refractivity contribution in [3.8, 4) is 10.8 Å². The lowest BCUT2D eigenvalue weighted by molar-refractivity contribution is -0.123. The van der Waals surface area contributed by atoms with Gasteiger partial charge in [0, 0.05) is 23.9 Å². The molecule has 1 aliphatic rings. The smallest absolute Gasteiger partial charge is 0.275 e. The summed E-state index contributed by atoms with van der Waals surface area (Å²) in [6.45, 7) is 2.72. The lowest BCUT2D eigenvalue weighted by Gasteiger charge is -2.31. The Morgan fingerprint density at radius 1 is 1.16 bits per heavy atom. The zero-order valence-corrected chi connectivity index (χ0v) is 17.8. The van der Waals surface area contributed by atoms with Gasteiger partial charge in [0.1, 0.15) is 5.69 Å². The number of aryl methyl sites for hydroxylation is 1. The maximum Gasteiger partial charge on any atom is 0.275 e. The molecule has 0 atom stereocenters. The highest BCUT2D eigenvalue weighted by atomic mass is 32.1. The van der Waals surface area contributed by atoms with E-state index in [-0.39, 0.29) is 23.6 Å². The molecule has 3 heterocycles. The van der Waals surface area contributed by atoms with Crippen molar-refractivity contribution in [2.45, 2.75) is 19.8 Å². The van der Waals surface area contributed by atoms with Crippen molar-refractivity contribution in [1.82, 2.24) is 9.88 Å². The first kappa shape index (κ1) is 20.8. The van der Waals surface area contributed by atoms with Gasteiger partial charge in [0.25, 0.3) is 11.8 Å². The summed E-state index contributed by atoms with van der Waals surface area (Å²) in [5.41, 5.74) is 6.48. The van der Waals surface area contributed by atoms with E-state index in [4.69, 9.17) is 10.2 Å². The predicted molar refractivity (Wildman–Crippen MR) is 117 cm³/mol. The molecule has 3 aromatic rings. The number of hydrogen-bond donors (Lipinski definition) is 2. The molecule has 1 aliphatic heterocycles.